The Morgan fingerprint density at radius 1 is 1.24 bits per heavy atom. The molecule has 0 N–H and O–H groups in total. The Hall–Kier alpha value is -3.12. The fourth-order valence-electron chi connectivity index (χ4n) is 2.76. The van der Waals surface area contributed by atoms with Crippen LogP contribution in [0.1, 0.15) is 18.1 Å². The van der Waals surface area contributed by atoms with Crippen LogP contribution in [0, 0.1) is 13.5 Å². The molecule has 1 atom stereocenters. The lowest BCUT2D eigenvalue weighted by atomic mass is 10.1. The van der Waals surface area contributed by atoms with Crippen LogP contribution in [-0.2, 0) is 15.7 Å². The molecule has 150 valence electrons. The van der Waals surface area contributed by atoms with E-state index in [1.165, 1.54) is 13.0 Å². The highest BCUT2D eigenvalue weighted by atomic mass is 32.1. The Labute approximate surface area is 170 Å². The summed E-state index contributed by atoms with van der Waals surface area (Å²) in [6, 6.07) is 10.1. The normalized spacial score (nSPS) is 19.1. The number of benzene rings is 2. The van der Waals surface area contributed by atoms with E-state index in [1.54, 1.807) is 12.1 Å². The number of hydrogen-bond acceptors (Lipinski definition) is 4. The number of thiocarbonyl (C=S) groups is 1. The number of aryl methyl sites for hydroxylation is 1. The van der Waals surface area contributed by atoms with Gasteiger partial charge in [0.15, 0.2) is 5.69 Å². The standard InChI is InChI=1S/C20H15F3N2O3S/c1-12-4-7-14(8-5-12)27-11-19(2)17(26)25(18(29)28-19)13-6-9-16(24-3)15(10-13)20(21,22)23/h4-10H,11H2,1-2H3. The fourth-order valence-corrected chi connectivity index (χ4v) is 3.13. The van der Waals surface area contributed by atoms with E-state index in [2.05, 4.69) is 4.85 Å². The van der Waals surface area contributed by atoms with Crippen LogP contribution in [0.15, 0.2) is 42.5 Å². The third-order valence-corrected chi connectivity index (χ3v) is 4.62. The minimum Gasteiger partial charge on any atom is -0.489 e. The average Bonchev–Trinajstić information content (AvgIpc) is 2.89. The molecular formula is C20H15F3N2O3S. The molecule has 0 aromatic heterocycles. The summed E-state index contributed by atoms with van der Waals surface area (Å²) < 4.78 is 50.9. The summed E-state index contributed by atoms with van der Waals surface area (Å²) in [4.78, 5) is 16.7. The zero-order valence-electron chi connectivity index (χ0n) is 15.4. The second-order valence-electron chi connectivity index (χ2n) is 6.65. The molecule has 1 aliphatic heterocycles. The number of carbonyl (C=O) groups excluding carboxylic acids is 1. The molecule has 1 aliphatic rings. The largest absolute Gasteiger partial charge is 0.489 e. The number of rotatable bonds is 4. The number of ether oxygens (including phenoxy) is 2. The molecule has 2 aromatic rings. The minimum atomic E-state index is -4.75. The van der Waals surface area contributed by atoms with Crippen molar-refractivity contribution in [2.45, 2.75) is 25.6 Å². The third-order valence-electron chi connectivity index (χ3n) is 4.35. The van der Waals surface area contributed by atoms with E-state index in [0.29, 0.717) is 11.8 Å². The number of amides is 1. The van der Waals surface area contributed by atoms with E-state index in [0.717, 1.165) is 16.5 Å². The summed E-state index contributed by atoms with van der Waals surface area (Å²) in [7, 11) is 0. The SMILES string of the molecule is [C-]#[N+]c1ccc(N2C(=O)C(C)(COc3ccc(C)cc3)OC2=S)cc1C(F)(F)F. The maximum atomic E-state index is 13.3. The first-order chi connectivity index (χ1) is 13.5. The first-order valence-corrected chi connectivity index (χ1v) is 8.82. The van der Waals surface area contributed by atoms with Crippen molar-refractivity contribution in [1.82, 2.24) is 0 Å². The van der Waals surface area contributed by atoms with Gasteiger partial charge >= 0.3 is 6.18 Å². The molecular weight excluding hydrogens is 405 g/mol. The highest BCUT2D eigenvalue weighted by molar-refractivity contribution is 7.80. The maximum Gasteiger partial charge on any atom is 0.407 e. The third kappa shape index (κ3) is 4.03. The zero-order chi connectivity index (χ0) is 21.4. The van der Waals surface area contributed by atoms with E-state index < -0.39 is 28.9 Å². The van der Waals surface area contributed by atoms with Gasteiger partial charge in [-0.3, -0.25) is 4.79 Å². The van der Waals surface area contributed by atoms with E-state index in [1.807, 2.05) is 19.1 Å². The van der Waals surface area contributed by atoms with Crippen LogP contribution < -0.4 is 9.64 Å². The predicted molar refractivity (Wildman–Crippen MR) is 104 cm³/mol. The molecule has 0 saturated carbocycles. The van der Waals surface area contributed by atoms with E-state index in [4.69, 9.17) is 28.3 Å². The lowest BCUT2D eigenvalue weighted by molar-refractivity contribution is -0.137. The topological polar surface area (TPSA) is 43.1 Å². The monoisotopic (exact) mass is 420 g/mol. The lowest BCUT2D eigenvalue weighted by Crippen LogP contribution is -2.43. The highest BCUT2D eigenvalue weighted by Crippen LogP contribution is 2.40. The van der Waals surface area contributed by atoms with Crippen LogP contribution in [0.25, 0.3) is 4.85 Å². The molecule has 1 fully saturated rings. The number of anilines is 1. The Kier molecular flexibility index (Phi) is 5.24. The van der Waals surface area contributed by atoms with Crippen LogP contribution in [0.3, 0.4) is 0 Å². The smallest absolute Gasteiger partial charge is 0.407 e. The van der Waals surface area contributed by atoms with Crippen LogP contribution in [0.2, 0.25) is 0 Å². The summed E-state index contributed by atoms with van der Waals surface area (Å²) in [6.45, 7) is 10.1. The number of alkyl halides is 3. The van der Waals surface area contributed by atoms with Crippen LogP contribution in [0.5, 0.6) is 5.75 Å². The molecule has 0 aliphatic carbocycles. The van der Waals surface area contributed by atoms with Gasteiger partial charge in [0, 0.05) is 0 Å². The summed E-state index contributed by atoms with van der Waals surface area (Å²) in [5.41, 5.74) is -2.31. The van der Waals surface area contributed by atoms with Crippen molar-refractivity contribution in [2.75, 3.05) is 11.5 Å². The molecule has 3 rings (SSSR count). The molecule has 29 heavy (non-hydrogen) atoms. The van der Waals surface area contributed by atoms with Crippen molar-refractivity contribution in [3.8, 4) is 5.75 Å². The van der Waals surface area contributed by atoms with E-state index in [-0.39, 0.29) is 17.5 Å². The van der Waals surface area contributed by atoms with Crippen molar-refractivity contribution in [2.24, 2.45) is 0 Å². The van der Waals surface area contributed by atoms with Gasteiger partial charge in [0.2, 0.25) is 5.60 Å². The van der Waals surface area contributed by atoms with Crippen molar-refractivity contribution in [1.29, 1.82) is 0 Å². The first kappa shape index (κ1) is 20.6. The Bertz CT molecular complexity index is 1020. The van der Waals surface area contributed by atoms with Gasteiger partial charge in [-0.25, -0.2) is 9.74 Å². The van der Waals surface area contributed by atoms with Crippen molar-refractivity contribution in [3.63, 3.8) is 0 Å². The number of halogens is 3. The van der Waals surface area contributed by atoms with Crippen molar-refractivity contribution in [3.05, 3.63) is 65.0 Å². The van der Waals surface area contributed by atoms with Crippen molar-refractivity contribution < 1.29 is 27.4 Å². The summed E-state index contributed by atoms with van der Waals surface area (Å²) in [6.07, 6.45) is -4.75. The maximum absolute atomic E-state index is 13.3. The quantitative estimate of drug-likeness (QED) is 0.513. The van der Waals surface area contributed by atoms with Gasteiger partial charge in [-0.1, -0.05) is 23.8 Å². The summed E-state index contributed by atoms with van der Waals surface area (Å²) in [5.74, 6) is -0.142. The van der Waals surface area contributed by atoms with Crippen molar-refractivity contribution >= 4 is 34.7 Å². The highest BCUT2D eigenvalue weighted by Gasteiger charge is 2.50. The summed E-state index contributed by atoms with van der Waals surface area (Å²) in [5, 5.41) is -0.284. The van der Waals surface area contributed by atoms with Crippen LogP contribution >= 0.6 is 12.2 Å². The van der Waals surface area contributed by atoms with Crippen LogP contribution in [-0.4, -0.2) is 23.3 Å². The average molecular weight is 420 g/mol. The Balaban J connectivity index is 1.87. The predicted octanol–water partition coefficient (Wildman–Crippen LogP) is 5.05. The minimum absolute atomic E-state index is 0.126. The second kappa shape index (κ2) is 7.37. The molecule has 5 nitrogen and oxygen atoms in total. The number of carbonyl (C=O) groups is 1. The number of hydrogen-bond donors (Lipinski definition) is 0. The zero-order valence-corrected chi connectivity index (χ0v) is 16.2. The molecule has 0 radical (unpaired) electrons. The van der Waals surface area contributed by atoms with E-state index in [9.17, 15) is 18.0 Å². The summed E-state index contributed by atoms with van der Waals surface area (Å²) >= 11 is 5.08. The first-order valence-electron chi connectivity index (χ1n) is 8.41. The lowest BCUT2D eigenvalue weighted by Gasteiger charge is -2.21. The Morgan fingerprint density at radius 2 is 1.90 bits per heavy atom. The van der Waals surface area contributed by atoms with Crippen LogP contribution in [0.4, 0.5) is 24.5 Å². The Morgan fingerprint density at radius 3 is 2.48 bits per heavy atom. The molecule has 1 heterocycles. The molecule has 9 heteroatoms. The molecule has 2 aromatic carbocycles. The van der Waals surface area contributed by atoms with Gasteiger partial charge in [0.25, 0.3) is 11.1 Å². The molecule has 0 bridgehead atoms. The van der Waals surface area contributed by atoms with Gasteiger partial charge in [-0.2, -0.15) is 13.2 Å². The number of nitrogens with zero attached hydrogens (tertiary/aromatic N) is 2. The molecule has 1 amide bonds. The fraction of sp³-hybridized carbons (Fsp3) is 0.250. The second-order valence-corrected chi connectivity index (χ2v) is 7.00. The van der Waals surface area contributed by atoms with Gasteiger partial charge < -0.3 is 9.47 Å². The van der Waals surface area contributed by atoms with Gasteiger partial charge in [0.1, 0.15) is 12.4 Å². The van der Waals surface area contributed by atoms with Gasteiger partial charge in [0.05, 0.1) is 17.8 Å². The molecule has 0 spiro atoms. The molecule has 1 unspecified atom stereocenters. The van der Waals surface area contributed by atoms with Gasteiger partial charge in [-0.15, -0.1) is 0 Å². The van der Waals surface area contributed by atoms with Gasteiger partial charge in [-0.05, 0) is 50.3 Å². The molecule has 1 saturated heterocycles. The van der Waals surface area contributed by atoms with E-state index >= 15 is 0 Å².